The van der Waals surface area contributed by atoms with Crippen LogP contribution in [0.15, 0.2) is 24.3 Å². The Labute approximate surface area is 136 Å². The predicted molar refractivity (Wildman–Crippen MR) is 79.1 cm³/mol. The fourth-order valence-corrected chi connectivity index (χ4v) is 2.35. The first-order chi connectivity index (χ1) is 11.3. The van der Waals surface area contributed by atoms with Crippen LogP contribution in [0.5, 0.6) is 5.75 Å². The van der Waals surface area contributed by atoms with Gasteiger partial charge in [0.2, 0.25) is 12.2 Å². The van der Waals surface area contributed by atoms with E-state index in [9.17, 15) is 30.2 Å². The van der Waals surface area contributed by atoms with Gasteiger partial charge in [-0.25, -0.2) is 0 Å². The SMILES string of the molecule is CC(=O)N[C@H]1C(O)[C@@H](O)C(CO)O[C@H]1Oc1ccc([N+](=O)[O-])cc1. The molecule has 4 N–H and O–H groups in total. The Hall–Kier alpha value is -2.27. The summed E-state index contributed by atoms with van der Waals surface area (Å²) in [6.07, 6.45) is -5.15. The third-order valence-electron chi connectivity index (χ3n) is 3.55. The van der Waals surface area contributed by atoms with Crippen LogP contribution < -0.4 is 10.1 Å². The molecule has 24 heavy (non-hydrogen) atoms. The molecule has 0 aromatic heterocycles. The van der Waals surface area contributed by atoms with Gasteiger partial charge in [0, 0.05) is 19.1 Å². The maximum absolute atomic E-state index is 11.3. The highest BCUT2D eigenvalue weighted by Gasteiger charge is 2.46. The van der Waals surface area contributed by atoms with Crippen LogP contribution in [0.25, 0.3) is 0 Å². The summed E-state index contributed by atoms with van der Waals surface area (Å²) < 4.78 is 10.9. The summed E-state index contributed by atoms with van der Waals surface area (Å²) in [7, 11) is 0. The van der Waals surface area contributed by atoms with Crippen molar-refractivity contribution >= 4 is 11.6 Å². The molecule has 1 amide bonds. The number of benzene rings is 1. The van der Waals surface area contributed by atoms with Gasteiger partial charge in [-0.05, 0) is 12.1 Å². The Kier molecular flexibility index (Phi) is 5.67. The minimum absolute atomic E-state index is 0.131. The van der Waals surface area contributed by atoms with Crippen LogP contribution in [0.3, 0.4) is 0 Å². The molecule has 1 fully saturated rings. The number of nitro groups is 1. The van der Waals surface area contributed by atoms with Crippen molar-refractivity contribution in [3.63, 3.8) is 0 Å². The number of aliphatic hydroxyl groups is 3. The minimum atomic E-state index is -1.43. The normalized spacial score (nSPS) is 29.8. The zero-order valence-electron chi connectivity index (χ0n) is 12.7. The number of carbonyl (C=O) groups is 1. The highest BCUT2D eigenvalue weighted by atomic mass is 16.7. The lowest BCUT2D eigenvalue weighted by Gasteiger charge is -2.42. The number of ether oxygens (including phenoxy) is 2. The monoisotopic (exact) mass is 342 g/mol. The van der Waals surface area contributed by atoms with E-state index in [1.807, 2.05) is 0 Å². The van der Waals surface area contributed by atoms with Gasteiger partial charge >= 0.3 is 0 Å². The topological polar surface area (TPSA) is 151 Å². The van der Waals surface area contributed by atoms with Gasteiger partial charge in [0.05, 0.1) is 11.5 Å². The molecule has 2 rings (SSSR count). The van der Waals surface area contributed by atoms with Gasteiger partial charge in [0.1, 0.15) is 30.1 Å². The van der Waals surface area contributed by atoms with E-state index in [2.05, 4.69) is 5.32 Å². The van der Waals surface area contributed by atoms with E-state index in [-0.39, 0.29) is 11.4 Å². The Balaban J connectivity index is 2.19. The largest absolute Gasteiger partial charge is 0.463 e. The molecule has 10 heteroatoms. The van der Waals surface area contributed by atoms with Gasteiger partial charge in [-0.3, -0.25) is 14.9 Å². The van der Waals surface area contributed by atoms with E-state index in [0.29, 0.717) is 0 Å². The number of hydrogen-bond donors (Lipinski definition) is 4. The number of aliphatic hydroxyl groups excluding tert-OH is 3. The molecule has 0 spiro atoms. The molecule has 1 aliphatic rings. The third-order valence-corrected chi connectivity index (χ3v) is 3.55. The predicted octanol–water partition coefficient (Wildman–Crippen LogP) is -1.08. The second-order valence-corrected chi connectivity index (χ2v) is 5.30. The van der Waals surface area contributed by atoms with Crippen molar-refractivity contribution < 1.29 is 34.5 Å². The maximum atomic E-state index is 11.3. The lowest BCUT2D eigenvalue weighted by Crippen LogP contribution is -2.65. The number of rotatable bonds is 5. The number of carbonyl (C=O) groups excluding carboxylic acids is 1. The zero-order valence-corrected chi connectivity index (χ0v) is 12.7. The van der Waals surface area contributed by atoms with Gasteiger partial charge < -0.3 is 30.1 Å². The second kappa shape index (κ2) is 7.53. The van der Waals surface area contributed by atoms with Crippen molar-refractivity contribution in [3.05, 3.63) is 34.4 Å². The molecule has 1 saturated heterocycles. The Morgan fingerprint density at radius 3 is 2.46 bits per heavy atom. The van der Waals surface area contributed by atoms with Crippen molar-refractivity contribution in [3.8, 4) is 5.75 Å². The van der Waals surface area contributed by atoms with Crippen LogP contribution in [0.1, 0.15) is 6.92 Å². The molecule has 2 unspecified atom stereocenters. The Morgan fingerprint density at radius 2 is 1.96 bits per heavy atom. The van der Waals surface area contributed by atoms with E-state index in [1.54, 1.807) is 0 Å². The summed E-state index contributed by atoms with van der Waals surface area (Å²) in [5.74, 6) is -0.282. The van der Waals surface area contributed by atoms with Crippen LogP contribution in [0, 0.1) is 10.1 Å². The molecule has 0 bridgehead atoms. The summed E-state index contributed by atoms with van der Waals surface area (Å²) in [6, 6.07) is 4.02. The van der Waals surface area contributed by atoms with Crippen LogP contribution in [0.2, 0.25) is 0 Å². The maximum Gasteiger partial charge on any atom is 0.269 e. The third kappa shape index (κ3) is 3.97. The number of hydrogen-bond acceptors (Lipinski definition) is 8. The minimum Gasteiger partial charge on any atom is -0.463 e. The molecule has 5 atom stereocenters. The van der Waals surface area contributed by atoms with Crippen molar-refractivity contribution in [2.24, 2.45) is 0 Å². The Bertz CT molecular complexity index is 593. The molecule has 1 aliphatic heterocycles. The summed E-state index contributed by atoms with van der Waals surface area (Å²) in [4.78, 5) is 21.4. The first-order valence-electron chi connectivity index (χ1n) is 7.14. The second-order valence-electron chi connectivity index (χ2n) is 5.30. The lowest BCUT2D eigenvalue weighted by molar-refractivity contribution is -0.384. The average molecular weight is 342 g/mol. The zero-order chi connectivity index (χ0) is 17.9. The molecule has 1 aromatic carbocycles. The van der Waals surface area contributed by atoms with Gasteiger partial charge in [-0.1, -0.05) is 0 Å². The quantitative estimate of drug-likeness (QED) is 0.389. The van der Waals surface area contributed by atoms with Crippen molar-refractivity contribution in [2.75, 3.05) is 6.61 Å². The summed E-state index contributed by atoms with van der Waals surface area (Å²) in [5, 5.41) is 42.3. The molecule has 132 valence electrons. The van der Waals surface area contributed by atoms with Crippen molar-refractivity contribution in [1.29, 1.82) is 0 Å². The molecule has 10 nitrogen and oxygen atoms in total. The molecular formula is C14H18N2O8. The van der Waals surface area contributed by atoms with Crippen molar-refractivity contribution in [1.82, 2.24) is 5.32 Å². The van der Waals surface area contributed by atoms with Crippen LogP contribution in [0.4, 0.5) is 5.69 Å². The van der Waals surface area contributed by atoms with Crippen LogP contribution in [-0.2, 0) is 9.53 Å². The fourth-order valence-electron chi connectivity index (χ4n) is 2.35. The lowest BCUT2D eigenvalue weighted by atomic mass is 9.97. The summed E-state index contributed by atoms with van der Waals surface area (Å²) in [5.41, 5.74) is -0.131. The smallest absolute Gasteiger partial charge is 0.269 e. The number of nitro benzene ring substituents is 1. The average Bonchev–Trinajstić information content (AvgIpc) is 2.54. The molecule has 0 radical (unpaired) electrons. The number of amides is 1. The standard InChI is InChI=1S/C14H18N2O8/c1-7(18)15-11-13(20)12(19)10(6-17)24-14(11)23-9-4-2-8(3-5-9)16(21)22/h2-5,10-14,17,19-20H,6H2,1H3,(H,15,18)/t10?,11-,12-,13?,14+/m0/s1. The fraction of sp³-hybridized carbons (Fsp3) is 0.500. The molecular weight excluding hydrogens is 324 g/mol. The first kappa shape index (κ1) is 18.1. The van der Waals surface area contributed by atoms with E-state index >= 15 is 0 Å². The van der Waals surface area contributed by atoms with E-state index in [0.717, 1.165) is 0 Å². The molecule has 0 aliphatic carbocycles. The van der Waals surface area contributed by atoms with E-state index < -0.39 is 48.1 Å². The molecule has 1 heterocycles. The van der Waals surface area contributed by atoms with Crippen LogP contribution in [-0.4, -0.2) is 63.4 Å². The highest BCUT2D eigenvalue weighted by molar-refractivity contribution is 5.73. The van der Waals surface area contributed by atoms with Gasteiger partial charge in [0.25, 0.3) is 5.69 Å². The van der Waals surface area contributed by atoms with Gasteiger partial charge in [-0.2, -0.15) is 0 Å². The van der Waals surface area contributed by atoms with Gasteiger partial charge in [0.15, 0.2) is 0 Å². The number of nitrogens with zero attached hydrogens (tertiary/aromatic N) is 1. The summed E-state index contributed by atoms with van der Waals surface area (Å²) >= 11 is 0. The van der Waals surface area contributed by atoms with E-state index in [1.165, 1.54) is 31.2 Å². The summed E-state index contributed by atoms with van der Waals surface area (Å²) in [6.45, 7) is 0.658. The molecule has 1 aromatic rings. The van der Waals surface area contributed by atoms with Crippen LogP contribution >= 0.6 is 0 Å². The molecule has 0 saturated carbocycles. The number of non-ortho nitro benzene ring substituents is 1. The van der Waals surface area contributed by atoms with E-state index in [4.69, 9.17) is 9.47 Å². The van der Waals surface area contributed by atoms with Crippen molar-refractivity contribution in [2.45, 2.75) is 37.6 Å². The van der Waals surface area contributed by atoms with Gasteiger partial charge in [-0.15, -0.1) is 0 Å². The first-order valence-corrected chi connectivity index (χ1v) is 7.14. The number of nitrogens with one attached hydrogen (secondary N) is 1. The Morgan fingerprint density at radius 1 is 1.33 bits per heavy atom. The highest BCUT2D eigenvalue weighted by Crippen LogP contribution is 2.25.